The lowest BCUT2D eigenvalue weighted by molar-refractivity contribution is -0.870. The second kappa shape index (κ2) is 35.2. The Labute approximate surface area is 349 Å². The van der Waals surface area contributed by atoms with Gasteiger partial charge in [-0.05, 0) is 64.2 Å². The largest absolute Gasteiger partial charge is 0.756 e. The summed E-state index contributed by atoms with van der Waals surface area (Å²) in [6.45, 7) is 4.17. The molecule has 11 heteroatoms. The number of quaternary nitrogens is 1. The molecule has 1 aliphatic rings. The first-order valence-corrected chi connectivity index (χ1v) is 24.6. The Balaban J connectivity index is 2.26. The normalized spacial score (nSPS) is 17.3. The van der Waals surface area contributed by atoms with Crippen LogP contribution in [0.2, 0.25) is 0 Å². The zero-order chi connectivity index (χ0) is 41.9. The summed E-state index contributed by atoms with van der Waals surface area (Å²) in [5.41, 5.74) is 0. The molecule has 0 radical (unpaired) electrons. The van der Waals surface area contributed by atoms with Gasteiger partial charge < -0.3 is 32.6 Å². The maximum absolute atomic E-state index is 12.7. The summed E-state index contributed by atoms with van der Waals surface area (Å²) >= 11 is 0. The lowest BCUT2D eigenvalue weighted by atomic mass is 10.1. The molecule has 10 nitrogen and oxygen atoms in total. The summed E-state index contributed by atoms with van der Waals surface area (Å²) in [6.07, 6.45) is 39.4. The van der Waals surface area contributed by atoms with Crippen molar-refractivity contribution >= 4 is 19.8 Å². The van der Waals surface area contributed by atoms with E-state index < -0.39 is 32.5 Å². The molecule has 1 heterocycles. The van der Waals surface area contributed by atoms with Gasteiger partial charge in [0.15, 0.2) is 6.10 Å². The van der Waals surface area contributed by atoms with Gasteiger partial charge in [0.1, 0.15) is 19.8 Å². The van der Waals surface area contributed by atoms with E-state index in [1.54, 1.807) is 0 Å². The standard InChI is InChI=1S/C46H86NO9P/c1-6-8-10-11-12-13-14-15-16-17-18-19-20-21-25-28-32-36-45(48)52-40-42(41-54-57(50,51)53-39-38-47(3,4)5)55-46(49)37-33-29-26-23-22-24-27-31-35-44-43(56-44)34-30-9-7-2/h15-16,27,31,42-44H,6-14,17-26,28-30,32-41H2,1-5H3/b16-15-,31-27-/t42-,43?,44?/m1/s1. The average Bonchev–Trinajstić information content (AvgIpc) is 3.91. The van der Waals surface area contributed by atoms with Gasteiger partial charge in [-0.2, -0.15) is 0 Å². The highest BCUT2D eigenvalue weighted by Crippen LogP contribution is 2.38. The van der Waals surface area contributed by atoms with Gasteiger partial charge in [0.05, 0.1) is 40.0 Å². The average molecular weight is 828 g/mol. The van der Waals surface area contributed by atoms with Crippen LogP contribution in [0.15, 0.2) is 24.3 Å². The van der Waals surface area contributed by atoms with Gasteiger partial charge in [0, 0.05) is 12.8 Å². The topological polar surface area (TPSA) is 124 Å². The smallest absolute Gasteiger partial charge is 0.306 e. The number of esters is 2. The Bertz CT molecular complexity index is 1090. The van der Waals surface area contributed by atoms with Crippen LogP contribution in [0.5, 0.6) is 0 Å². The van der Waals surface area contributed by atoms with Crippen LogP contribution in [-0.2, 0) is 37.4 Å². The molecular formula is C46H86NO9P. The van der Waals surface area contributed by atoms with Crippen molar-refractivity contribution in [2.75, 3.05) is 47.5 Å². The van der Waals surface area contributed by atoms with E-state index in [2.05, 4.69) is 38.2 Å². The summed E-state index contributed by atoms with van der Waals surface area (Å²) in [4.78, 5) is 37.6. The number of hydrogen-bond acceptors (Lipinski definition) is 9. The van der Waals surface area contributed by atoms with E-state index in [0.29, 0.717) is 29.7 Å². The number of phosphoric acid groups is 1. The van der Waals surface area contributed by atoms with Crippen molar-refractivity contribution in [1.82, 2.24) is 0 Å². The van der Waals surface area contributed by atoms with Crippen molar-refractivity contribution in [3.05, 3.63) is 24.3 Å². The number of ether oxygens (including phenoxy) is 3. The second-order valence-electron chi connectivity index (χ2n) is 17.1. The number of allylic oxidation sites excluding steroid dienone is 3. The molecule has 0 bridgehead atoms. The van der Waals surface area contributed by atoms with Crippen molar-refractivity contribution in [2.24, 2.45) is 0 Å². The zero-order valence-electron chi connectivity index (χ0n) is 37.2. The number of carbonyl (C=O) groups excluding carboxylic acids is 2. The Morgan fingerprint density at radius 1 is 0.632 bits per heavy atom. The Morgan fingerprint density at radius 2 is 1.12 bits per heavy atom. The Hall–Kier alpha value is -1.55. The summed E-state index contributed by atoms with van der Waals surface area (Å²) in [6, 6.07) is 0. The Kier molecular flexibility index (Phi) is 33.0. The minimum atomic E-state index is -4.63. The second-order valence-corrected chi connectivity index (χ2v) is 18.6. The van der Waals surface area contributed by atoms with E-state index in [-0.39, 0.29) is 26.1 Å². The van der Waals surface area contributed by atoms with Crippen molar-refractivity contribution < 1.29 is 46.8 Å². The van der Waals surface area contributed by atoms with Crippen LogP contribution >= 0.6 is 7.82 Å². The van der Waals surface area contributed by atoms with Gasteiger partial charge in [-0.25, -0.2) is 0 Å². The molecule has 0 saturated carbocycles. The van der Waals surface area contributed by atoms with Gasteiger partial charge in [-0.15, -0.1) is 0 Å². The fraction of sp³-hybridized carbons (Fsp3) is 0.870. The molecule has 334 valence electrons. The fourth-order valence-electron chi connectivity index (χ4n) is 6.60. The van der Waals surface area contributed by atoms with E-state index in [1.165, 1.54) is 89.9 Å². The van der Waals surface area contributed by atoms with Crippen LogP contribution in [0.3, 0.4) is 0 Å². The number of epoxide rings is 1. The van der Waals surface area contributed by atoms with E-state index in [4.69, 9.17) is 23.3 Å². The molecule has 3 unspecified atom stereocenters. The summed E-state index contributed by atoms with van der Waals surface area (Å²) in [5.74, 6) is -0.857. The van der Waals surface area contributed by atoms with Crippen LogP contribution in [0, 0.1) is 0 Å². The third kappa shape index (κ3) is 36.1. The molecule has 1 rings (SSSR count). The van der Waals surface area contributed by atoms with Crippen LogP contribution in [0.1, 0.15) is 194 Å². The molecule has 0 spiro atoms. The molecule has 0 aliphatic carbocycles. The molecule has 0 aromatic carbocycles. The van der Waals surface area contributed by atoms with Gasteiger partial charge >= 0.3 is 11.9 Å². The van der Waals surface area contributed by atoms with Gasteiger partial charge in [-0.1, -0.05) is 141 Å². The lowest BCUT2D eigenvalue weighted by Crippen LogP contribution is -2.37. The maximum Gasteiger partial charge on any atom is 0.306 e. The zero-order valence-corrected chi connectivity index (χ0v) is 38.1. The lowest BCUT2D eigenvalue weighted by Gasteiger charge is -2.28. The van der Waals surface area contributed by atoms with E-state index >= 15 is 0 Å². The summed E-state index contributed by atoms with van der Waals surface area (Å²) in [7, 11) is 1.15. The van der Waals surface area contributed by atoms with Crippen LogP contribution in [0.4, 0.5) is 0 Å². The number of hydrogen-bond donors (Lipinski definition) is 0. The molecule has 0 amide bonds. The van der Waals surface area contributed by atoms with Crippen LogP contribution in [0.25, 0.3) is 0 Å². The minimum Gasteiger partial charge on any atom is -0.756 e. The number of likely N-dealkylation sites (N-methyl/N-ethyl adjacent to an activating group) is 1. The molecular weight excluding hydrogens is 741 g/mol. The molecule has 0 N–H and O–H groups in total. The molecule has 1 aliphatic heterocycles. The van der Waals surface area contributed by atoms with E-state index in [9.17, 15) is 19.0 Å². The van der Waals surface area contributed by atoms with Crippen LogP contribution < -0.4 is 4.89 Å². The van der Waals surface area contributed by atoms with Crippen LogP contribution in [-0.4, -0.2) is 82.2 Å². The van der Waals surface area contributed by atoms with Crippen molar-refractivity contribution in [3.8, 4) is 0 Å². The van der Waals surface area contributed by atoms with E-state index in [0.717, 1.165) is 70.6 Å². The highest BCUT2D eigenvalue weighted by Gasteiger charge is 2.36. The molecule has 1 fully saturated rings. The molecule has 1 saturated heterocycles. The molecule has 0 aromatic heterocycles. The third-order valence-corrected chi connectivity index (χ3v) is 11.3. The van der Waals surface area contributed by atoms with E-state index in [1.807, 2.05) is 21.1 Å². The van der Waals surface area contributed by atoms with Crippen molar-refractivity contribution in [1.29, 1.82) is 0 Å². The number of unbranched alkanes of at least 4 members (excludes halogenated alkanes) is 20. The maximum atomic E-state index is 12.7. The molecule has 0 aromatic rings. The highest BCUT2D eigenvalue weighted by atomic mass is 31.2. The quantitative estimate of drug-likeness (QED) is 0.0148. The first-order chi connectivity index (χ1) is 27.5. The minimum absolute atomic E-state index is 0.0360. The fourth-order valence-corrected chi connectivity index (χ4v) is 7.33. The molecule has 4 atom stereocenters. The summed E-state index contributed by atoms with van der Waals surface area (Å²) in [5, 5.41) is 0. The predicted octanol–water partition coefficient (Wildman–Crippen LogP) is 11.5. The first kappa shape index (κ1) is 53.5. The first-order valence-electron chi connectivity index (χ1n) is 23.2. The van der Waals surface area contributed by atoms with Gasteiger partial charge in [0.2, 0.25) is 0 Å². The van der Waals surface area contributed by atoms with Crippen molar-refractivity contribution in [2.45, 2.75) is 212 Å². The SMILES string of the molecule is CCCCCCCC/C=C\CCCCCCCCCC(=O)OC[C@H](COP(=O)([O-])OCC[N+](C)(C)C)OC(=O)CCCCCCC/C=C\CC1OC1CCCCC. The third-order valence-electron chi connectivity index (χ3n) is 10.4. The van der Waals surface area contributed by atoms with Gasteiger partial charge in [0.25, 0.3) is 7.82 Å². The van der Waals surface area contributed by atoms with Gasteiger partial charge in [-0.3, -0.25) is 14.2 Å². The highest BCUT2D eigenvalue weighted by molar-refractivity contribution is 7.45. The molecule has 57 heavy (non-hydrogen) atoms. The number of rotatable bonds is 41. The predicted molar refractivity (Wildman–Crippen MR) is 231 cm³/mol. The van der Waals surface area contributed by atoms with Crippen molar-refractivity contribution in [3.63, 3.8) is 0 Å². The number of carbonyl (C=O) groups is 2. The number of phosphoric ester groups is 1. The Morgan fingerprint density at radius 3 is 1.68 bits per heavy atom. The monoisotopic (exact) mass is 828 g/mol. The summed E-state index contributed by atoms with van der Waals surface area (Å²) < 4.78 is 39.7. The number of nitrogens with zero attached hydrogens (tertiary/aromatic N) is 1.